The Kier molecular flexibility index (Phi) is 3.45. The van der Waals surface area contributed by atoms with Gasteiger partial charge in [0.2, 0.25) is 5.91 Å². The first-order chi connectivity index (χ1) is 7.96. The summed E-state index contributed by atoms with van der Waals surface area (Å²) in [5.41, 5.74) is 5.73. The second kappa shape index (κ2) is 4.57. The minimum absolute atomic E-state index is 0.00735. The highest BCUT2D eigenvalue weighted by Crippen LogP contribution is 2.43. The largest absolute Gasteiger partial charge is 0.341 e. The van der Waals surface area contributed by atoms with Gasteiger partial charge in [-0.15, -0.1) is 0 Å². The van der Waals surface area contributed by atoms with Crippen molar-refractivity contribution in [1.29, 1.82) is 0 Å². The second-order valence-corrected chi connectivity index (χ2v) is 7.57. The molecule has 0 spiro atoms. The molecule has 1 aliphatic heterocycles. The third kappa shape index (κ3) is 2.80. The zero-order valence-corrected chi connectivity index (χ0v) is 10.8. The Bertz CT molecular complexity index is 381. The number of carbonyl (C=O) groups excluding carboxylic acids is 1. The van der Waals surface area contributed by atoms with Crippen LogP contribution in [0.1, 0.15) is 25.7 Å². The minimum atomic E-state index is -2.91. The van der Waals surface area contributed by atoms with Gasteiger partial charge in [0.1, 0.15) is 0 Å². The molecule has 1 saturated carbocycles. The maximum absolute atomic E-state index is 12.1. The Labute approximate surface area is 102 Å². The summed E-state index contributed by atoms with van der Waals surface area (Å²) in [7, 11) is -2.91. The molecule has 0 bridgehead atoms. The van der Waals surface area contributed by atoms with Crippen LogP contribution in [0.2, 0.25) is 0 Å². The fraction of sp³-hybridized carbons (Fsp3) is 0.909. The molecule has 1 amide bonds. The third-order valence-electron chi connectivity index (χ3n) is 4.07. The summed E-state index contributed by atoms with van der Waals surface area (Å²) in [6.07, 6.45) is 3.70. The fourth-order valence-corrected chi connectivity index (χ4v) is 3.73. The Balaban J connectivity index is 1.89. The molecule has 1 aliphatic carbocycles. The zero-order valence-electron chi connectivity index (χ0n) is 10.0. The van der Waals surface area contributed by atoms with Crippen LogP contribution in [0.25, 0.3) is 0 Å². The van der Waals surface area contributed by atoms with E-state index in [1.807, 2.05) is 0 Å². The lowest BCUT2D eigenvalue weighted by molar-refractivity contribution is -0.134. The van der Waals surface area contributed by atoms with Crippen LogP contribution in [0.5, 0.6) is 0 Å². The first kappa shape index (κ1) is 12.8. The van der Waals surface area contributed by atoms with E-state index in [4.69, 9.17) is 5.73 Å². The molecule has 2 fully saturated rings. The maximum atomic E-state index is 12.1. The van der Waals surface area contributed by atoms with Crippen molar-refractivity contribution in [3.8, 4) is 0 Å². The third-order valence-corrected chi connectivity index (χ3v) is 5.68. The molecule has 0 aromatic heterocycles. The summed E-state index contributed by atoms with van der Waals surface area (Å²) in [6, 6.07) is 0. The van der Waals surface area contributed by atoms with E-state index in [1.54, 1.807) is 4.90 Å². The van der Waals surface area contributed by atoms with E-state index in [-0.39, 0.29) is 22.8 Å². The maximum Gasteiger partial charge on any atom is 0.223 e. The van der Waals surface area contributed by atoms with E-state index in [0.717, 1.165) is 19.3 Å². The summed E-state index contributed by atoms with van der Waals surface area (Å²) in [5.74, 6) is 0.285. The quantitative estimate of drug-likeness (QED) is 0.759. The first-order valence-corrected chi connectivity index (χ1v) is 7.97. The molecule has 0 radical (unpaired) electrons. The van der Waals surface area contributed by atoms with Crippen LogP contribution in [0.15, 0.2) is 0 Å². The Morgan fingerprint density at radius 2 is 1.82 bits per heavy atom. The molecule has 17 heavy (non-hydrogen) atoms. The monoisotopic (exact) mass is 260 g/mol. The van der Waals surface area contributed by atoms with Crippen molar-refractivity contribution >= 4 is 15.7 Å². The lowest BCUT2D eigenvalue weighted by Gasteiger charge is -2.42. The van der Waals surface area contributed by atoms with Crippen LogP contribution in [0.3, 0.4) is 0 Å². The molecule has 0 aromatic carbocycles. The number of nitrogens with zero attached hydrogens (tertiary/aromatic N) is 1. The number of amides is 1. The molecule has 0 unspecified atom stereocenters. The predicted octanol–water partition coefficient (Wildman–Crippen LogP) is -0.237. The van der Waals surface area contributed by atoms with Crippen LogP contribution in [-0.4, -0.2) is 50.4 Å². The summed E-state index contributed by atoms with van der Waals surface area (Å²) >= 11 is 0. The van der Waals surface area contributed by atoms with Gasteiger partial charge in [-0.1, -0.05) is 6.42 Å². The van der Waals surface area contributed by atoms with Gasteiger partial charge in [-0.3, -0.25) is 4.79 Å². The molecular weight excluding hydrogens is 240 g/mol. The average molecular weight is 260 g/mol. The van der Waals surface area contributed by atoms with Gasteiger partial charge >= 0.3 is 0 Å². The van der Waals surface area contributed by atoms with Gasteiger partial charge in [0.25, 0.3) is 0 Å². The number of sulfone groups is 1. The number of hydrogen-bond acceptors (Lipinski definition) is 4. The Morgan fingerprint density at radius 3 is 2.24 bits per heavy atom. The molecule has 2 aliphatic rings. The summed E-state index contributed by atoms with van der Waals surface area (Å²) in [5, 5.41) is 0. The van der Waals surface area contributed by atoms with Crippen molar-refractivity contribution in [3.05, 3.63) is 0 Å². The van der Waals surface area contributed by atoms with Crippen LogP contribution >= 0.6 is 0 Å². The minimum Gasteiger partial charge on any atom is -0.341 e. The number of carbonyl (C=O) groups is 1. The van der Waals surface area contributed by atoms with Crippen molar-refractivity contribution in [2.45, 2.75) is 25.7 Å². The van der Waals surface area contributed by atoms with Gasteiger partial charge < -0.3 is 10.6 Å². The molecule has 2 N–H and O–H groups in total. The van der Waals surface area contributed by atoms with E-state index in [9.17, 15) is 13.2 Å². The lowest BCUT2D eigenvalue weighted by Crippen LogP contribution is -2.48. The molecule has 5 nitrogen and oxygen atoms in total. The fourth-order valence-electron chi connectivity index (χ4n) is 2.52. The summed E-state index contributed by atoms with van der Waals surface area (Å²) < 4.78 is 22.5. The highest BCUT2D eigenvalue weighted by Gasteiger charge is 2.39. The van der Waals surface area contributed by atoms with Gasteiger partial charge in [-0.25, -0.2) is 8.42 Å². The molecule has 2 rings (SSSR count). The van der Waals surface area contributed by atoms with Crippen LogP contribution < -0.4 is 5.73 Å². The van der Waals surface area contributed by atoms with Crippen LogP contribution in [0.4, 0.5) is 0 Å². The SMILES string of the molecule is NCC1(CC(=O)N2CCS(=O)(=O)CC2)CCC1. The van der Waals surface area contributed by atoms with Gasteiger partial charge in [0.15, 0.2) is 9.84 Å². The predicted molar refractivity (Wildman–Crippen MR) is 65.2 cm³/mol. The van der Waals surface area contributed by atoms with E-state index >= 15 is 0 Å². The smallest absolute Gasteiger partial charge is 0.223 e. The number of rotatable bonds is 3. The van der Waals surface area contributed by atoms with Crippen LogP contribution in [0, 0.1) is 5.41 Å². The van der Waals surface area contributed by atoms with Crippen molar-refractivity contribution in [2.75, 3.05) is 31.1 Å². The molecule has 0 atom stereocenters. The van der Waals surface area contributed by atoms with Crippen LogP contribution in [-0.2, 0) is 14.6 Å². The molecule has 98 valence electrons. The normalized spacial score (nSPS) is 26.3. The highest BCUT2D eigenvalue weighted by atomic mass is 32.2. The van der Waals surface area contributed by atoms with Gasteiger partial charge in [0.05, 0.1) is 11.5 Å². The first-order valence-electron chi connectivity index (χ1n) is 6.15. The zero-order chi connectivity index (χ0) is 12.5. The summed E-state index contributed by atoms with van der Waals surface area (Å²) in [6.45, 7) is 1.26. The van der Waals surface area contributed by atoms with E-state index in [2.05, 4.69) is 0 Å². The molecular formula is C11H20N2O3S. The Hall–Kier alpha value is -0.620. The standard InChI is InChI=1S/C11H20N2O3S/c12-9-11(2-1-3-11)8-10(14)13-4-6-17(15,16)7-5-13/h1-9,12H2. The van der Waals surface area contributed by atoms with Gasteiger partial charge in [-0.2, -0.15) is 0 Å². The lowest BCUT2D eigenvalue weighted by atomic mass is 9.66. The van der Waals surface area contributed by atoms with Crippen molar-refractivity contribution in [1.82, 2.24) is 4.90 Å². The molecule has 1 saturated heterocycles. The van der Waals surface area contributed by atoms with E-state index in [0.29, 0.717) is 26.1 Å². The number of nitrogens with two attached hydrogens (primary N) is 1. The summed E-state index contributed by atoms with van der Waals surface area (Å²) in [4.78, 5) is 13.7. The highest BCUT2D eigenvalue weighted by molar-refractivity contribution is 7.91. The topological polar surface area (TPSA) is 80.5 Å². The van der Waals surface area contributed by atoms with Gasteiger partial charge in [0, 0.05) is 19.5 Å². The van der Waals surface area contributed by atoms with Crippen molar-refractivity contribution in [3.63, 3.8) is 0 Å². The Morgan fingerprint density at radius 1 is 1.24 bits per heavy atom. The molecule has 1 heterocycles. The molecule has 6 heteroatoms. The second-order valence-electron chi connectivity index (χ2n) is 5.27. The number of hydrogen-bond donors (Lipinski definition) is 1. The van der Waals surface area contributed by atoms with E-state index in [1.165, 1.54) is 0 Å². The van der Waals surface area contributed by atoms with E-state index < -0.39 is 9.84 Å². The molecule has 0 aromatic rings. The van der Waals surface area contributed by atoms with Gasteiger partial charge in [-0.05, 0) is 24.8 Å². The van der Waals surface area contributed by atoms with Crippen molar-refractivity contribution in [2.24, 2.45) is 11.1 Å². The average Bonchev–Trinajstić information content (AvgIpc) is 2.23. The van der Waals surface area contributed by atoms with Crippen molar-refractivity contribution < 1.29 is 13.2 Å².